The van der Waals surface area contributed by atoms with Crippen LogP contribution in [0.25, 0.3) is 0 Å². The second-order valence-corrected chi connectivity index (χ2v) is 5.07. The van der Waals surface area contributed by atoms with Gasteiger partial charge in [-0.15, -0.1) is 0 Å². The van der Waals surface area contributed by atoms with E-state index >= 15 is 0 Å². The summed E-state index contributed by atoms with van der Waals surface area (Å²) in [7, 11) is 0. The highest BCUT2D eigenvalue weighted by atomic mass is 14.5. The van der Waals surface area contributed by atoms with Gasteiger partial charge in [0.15, 0.2) is 0 Å². The quantitative estimate of drug-likeness (QED) is 0.507. The van der Waals surface area contributed by atoms with E-state index in [0.717, 1.165) is 11.3 Å². The van der Waals surface area contributed by atoms with Crippen molar-refractivity contribution in [3.63, 3.8) is 0 Å². The summed E-state index contributed by atoms with van der Waals surface area (Å²) in [5.41, 5.74) is 0.834. The molecule has 0 bridgehead atoms. The molecule has 0 nitrogen and oxygen atoms in total. The van der Waals surface area contributed by atoms with Gasteiger partial charge in [-0.25, -0.2) is 0 Å². The number of hydrogen-bond donors (Lipinski definition) is 0. The molecule has 70 valence electrons. The smallest absolute Gasteiger partial charge is 0.0272 e. The van der Waals surface area contributed by atoms with Gasteiger partial charge in [-0.1, -0.05) is 45.4 Å². The standard InChI is InChI=1S/C12H22/c1-11-7-4-2-3-5-8-12(11)9-6-10-12/h11H,2-10H2,1H3. The van der Waals surface area contributed by atoms with E-state index in [0.29, 0.717) is 0 Å². The Kier molecular flexibility index (Phi) is 2.43. The average Bonchev–Trinajstić information content (AvgIpc) is 1.94. The van der Waals surface area contributed by atoms with E-state index in [9.17, 15) is 0 Å². The van der Waals surface area contributed by atoms with E-state index in [1.807, 2.05) is 0 Å². The van der Waals surface area contributed by atoms with Crippen molar-refractivity contribution in [2.24, 2.45) is 11.3 Å². The summed E-state index contributed by atoms with van der Waals surface area (Å²) in [6, 6.07) is 0. The van der Waals surface area contributed by atoms with E-state index < -0.39 is 0 Å². The summed E-state index contributed by atoms with van der Waals surface area (Å²) in [6.07, 6.45) is 13.7. The molecule has 0 heteroatoms. The fraction of sp³-hybridized carbons (Fsp3) is 1.00. The van der Waals surface area contributed by atoms with E-state index in [4.69, 9.17) is 0 Å². The van der Waals surface area contributed by atoms with Crippen molar-refractivity contribution in [3.8, 4) is 0 Å². The Labute approximate surface area is 76.7 Å². The first-order valence-electron chi connectivity index (χ1n) is 5.83. The fourth-order valence-corrected chi connectivity index (χ4v) is 3.21. The lowest BCUT2D eigenvalue weighted by Crippen LogP contribution is -2.36. The second-order valence-electron chi connectivity index (χ2n) is 5.07. The zero-order valence-corrected chi connectivity index (χ0v) is 8.44. The predicted octanol–water partition coefficient (Wildman–Crippen LogP) is 4.15. The minimum absolute atomic E-state index is 0.834. The van der Waals surface area contributed by atoms with Crippen LogP contribution in [0.3, 0.4) is 0 Å². The molecule has 2 aliphatic carbocycles. The molecule has 0 aliphatic heterocycles. The third-order valence-corrected chi connectivity index (χ3v) is 4.46. The van der Waals surface area contributed by atoms with Gasteiger partial charge in [0.05, 0.1) is 0 Å². The molecule has 0 N–H and O–H groups in total. The lowest BCUT2D eigenvalue weighted by atomic mass is 9.57. The first-order valence-corrected chi connectivity index (χ1v) is 5.83. The third kappa shape index (κ3) is 1.41. The van der Waals surface area contributed by atoms with Gasteiger partial charge in [0.1, 0.15) is 0 Å². The molecule has 2 rings (SSSR count). The molecular formula is C12H22. The highest BCUT2D eigenvalue weighted by Gasteiger charge is 2.40. The molecule has 12 heavy (non-hydrogen) atoms. The van der Waals surface area contributed by atoms with Crippen LogP contribution in [0.15, 0.2) is 0 Å². The molecule has 2 saturated carbocycles. The Bertz CT molecular complexity index is 144. The fourth-order valence-electron chi connectivity index (χ4n) is 3.21. The molecule has 0 aromatic carbocycles. The lowest BCUT2D eigenvalue weighted by Gasteiger charge is -2.48. The first-order chi connectivity index (χ1) is 5.83. The lowest BCUT2D eigenvalue weighted by molar-refractivity contribution is 0.0325. The molecule has 2 aliphatic rings. The van der Waals surface area contributed by atoms with Crippen molar-refractivity contribution in [1.29, 1.82) is 0 Å². The van der Waals surface area contributed by atoms with Gasteiger partial charge in [0.2, 0.25) is 0 Å². The van der Waals surface area contributed by atoms with Crippen LogP contribution in [0.2, 0.25) is 0 Å². The SMILES string of the molecule is CC1CCCCCCC12CCC2. The van der Waals surface area contributed by atoms with Crippen molar-refractivity contribution in [3.05, 3.63) is 0 Å². The molecule has 0 radical (unpaired) electrons. The van der Waals surface area contributed by atoms with Crippen LogP contribution < -0.4 is 0 Å². The van der Waals surface area contributed by atoms with Crippen LogP contribution in [0, 0.1) is 11.3 Å². The maximum atomic E-state index is 2.50. The summed E-state index contributed by atoms with van der Waals surface area (Å²) in [6.45, 7) is 2.50. The Hall–Kier alpha value is 0. The minimum Gasteiger partial charge on any atom is -0.0620 e. The Morgan fingerprint density at radius 3 is 2.17 bits per heavy atom. The van der Waals surface area contributed by atoms with Gasteiger partial charge in [-0.05, 0) is 30.6 Å². The molecule has 0 aromatic heterocycles. The van der Waals surface area contributed by atoms with Gasteiger partial charge in [0.25, 0.3) is 0 Å². The summed E-state index contributed by atoms with van der Waals surface area (Å²) in [4.78, 5) is 0. The molecule has 1 unspecified atom stereocenters. The summed E-state index contributed by atoms with van der Waals surface area (Å²) in [5, 5.41) is 0. The van der Waals surface area contributed by atoms with Crippen molar-refractivity contribution < 1.29 is 0 Å². The molecule has 1 spiro atoms. The molecule has 0 aromatic rings. The maximum absolute atomic E-state index is 2.50. The molecule has 0 saturated heterocycles. The topological polar surface area (TPSA) is 0 Å². The summed E-state index contributed by atoms with van der Waals surface area (Å²) < 4.78 is 0. The van der Waals surface area contributed by atoms with Crippen molar-refractivity contribution in [1.82, 2.24) is 0 Å². The van der Waals surface area contributed by atoms with Crippen LogP contribution in [-0.4, -0.2) is 0 Å². The normalized spacial score (nSPS) is 35.2. The zero-order valence-electron chi connectivity index (χ0n) is 8.44. The molecule has 0 heterocycles. The largest absolute Gasteiger partial charge is 0.0620 e. The van der Waals surface area contributed by atoms with Crippen LogP contribution in [0.1, 0.15) is 64.7 Å². The van der Waals surface area contributed by atoms with E-state index in [1.54, 1.807) is 19.3 Å². The Balaban J connectivity index is 1.97. The predicted molar refractivity (Wildman–Crippen MR) is 53.2 cm³/mol. The van der Waals surface area contributed by atoms with Crippen LogP contribution in [-0.2, 0) is 0 Å². The van der Waals surface area contributed by atoms with E-state index in [-0.39, 0.29) is 0 Å². The Morgan fingerprint density at radius 2 is 1.50 bits per heavy atom. The van der Waals surface area contributed by atoms with Gasteiger partial charge in [-0.2, -0.15) is 0 Å². The molecule has 1 atom stereocenters. The van der Waals surface area contributed by atoms with Gasteiger partial charge >= 0.3 is 0 Å². The van der Waals surface area contributed by atoms with Gasteiger partial charge in [-0.3, -0.25) is 0 Å². The van der Waals surface area contributed by atoms with Crippen molar-refractivity contribution >= 4 is 0 Å². The molecule has 2 fully saturated rings. The highest BCUT2D eigenvalue weighted by molar-refractivity contribution is 4.92. The number of rotatable bonds is 0. The van der Waals surface area contributed by atoms with E-state index in [1.165, 1.54) is 38.5 Å². The van der Waals surface area contributed by atoms with Crippen LogP contribution >= 0.6 is 0 Å². The monoisotopic (exact) mass is 166 g/mol. The minimum atomic E-state index is 0.834. The zero-order chi connectivity index (χ0) is 8.44. The van der Waals surface area contributed by atoms with Crippen LogP contribution in [0.4, 0.5) is 0 Å². The van der Waals surface area contributed by atoms with Crippen molar-refractivity contribution in [2.45, 2.75) is 64.7 Å². The first kappa shape index (κ1) is 8.59. The van der Waals surface area contributed by atoms with Gasteiger partial charge in [0, 0.05) is 0 Å². The van der Waals surface area contributed by atoms with Gasteiger partial charge < -0.3 is 0 Å². The summed E-state index contributed by atoms with van der Waals surface area (Å²) >= 11 is 0. The average molecular weight is 166 g/mol. The third-order valence-electron chi connectivity index (χ3n) is 4.46. The van der Waals surface area contributed by atoms with E-state index in [2.05, 4.69) is 6.92 Å². The molecule has 0 amide bonds. The summed E-state index contributed by atoms with van der Waals surface area (Å²) in [5.74, 6) is 1.03. The maximum Gasteiger partial charge on any atom is -0.0272 e. The van der Waals surface area contributed by atoms with Crippen LogP contribution in [0.5, 0.6) is 0 Å². The molecular weight excluding hydrogens is 144 g/mol. The highest BCUT2D eigenvalue weighted by Crippen LogP contribution is 2.53. The second kappa shape index (κ2) is 3.40. The Morgan fingerprint density at radius 1 is 0.833 bits per heavy atom. The number of hydrogen-bond acceptors (Lipinski definition) is 0. The van der Waals surface area contributed by atoms with Crippen molar-refractivity contribution in [2.75, 3.05) is 0 Å².